The van der Waals surface area contributed by atoms with Gasteiger partial charge in [-0.15, -0.1) is 40.5 Å². The van der Waals surface area contributed by atoms with E-state index in [0.29, 0.717) is 0 Å². The van der Waals surface area contributed by atoms with E-state index in [0.717, 1.165) is 64.2 Å². The van der Waals surface area contributed by atoms with Crippen molar-refractivity contribution in [3.8, 4) is 21.7 Å². The van der Waals surface area contributed by atoms with Crippen molar-refractivity contribution in [2.24, 2.45) is 10.8 Å². The first kappa shape index (κ1) is 39.2. The van der Waals surface area contributed by atoms with Crippen molar-refractivity contribution in [1.29, 1.82) is 0 Å². The smallest absolute Gasteiger partial charge is 0.164 e. The zero-order valence-electron chi connectivity index (χ0n) is 30.9. The van der Waals surface area contributed by atoms with Crippen LogP contribution >= 0.6 is 11.3 Å². The molecule has 6 rings (SSSR count). The molecular weight excluding hydrogens is 815 g/mol. The quantitative estimate of drug-likeness (QED) is 0.0893. The second-order valence-corrected chi connectivity index (χ2v) is 15.7. The van der Waals surface area contributed by atoms with Crippen LogP contribution in [0.4, 0.5) is 0 Å². The normalized spacial score (nSPS) is 12.5. The van der Waals surface area contributed by atoms with Gasteiger partial charge < -0.3 is 9.52 Å². The number of rotatable bonds is 9. The van der Waals surface area contributed by atoms with Gasteiger partial charge in [-0.2, -0.15) is 0 Å². The van der Waals surface area contributed by atoms with Crippen molar-refractivity contribution in [2.75, 3.05) is 0 Å². The van der Waals surface area contributed by atoms with Gasteiger partial charge in [0, 0.05) is 69.4 Å². The number of aliphatic hydroxyl groups excluding tert-OH is 1. The first-order valence-corrected chi connectivity index (χ1v) is 18.4. The summed E-state index contributed by atoms with van der Waals surface area (Å²) in [7, 11) is 0. The number of aliphatic hydroxyl groups is 1. The molecule has 3 aromatic heterocycles. The molecule has 0 aliphatic carbocycles. The van der Waals surface area contributed by atoms with Gasteiger partial charge in [-0.05, 0) is 60.7 Å². The van der Waals surface area contributed by atoms with Gasteiger partial charge >= 0.3 is 0 Å². The molecule has 0 bridgehead atoms. The molecule has 0 atom stereocenters. The molecule has 0 spiro atoms. The minimum Gasteiger partial charge on any atom is -0.512 e. The molecule has 0 fully saturated rings. The Hall–Kier alpha value is -3.57. The Balaban J connectivity index is 0.000000269. The van der Waals surface area contributed by atoms with E-state index in [-0.39, 0.29) is 47.9 Å². The first-order valence-electron chi connectivity index (χ1n) is 17.5. The van der Waals surface area contributed by atoms with Crippen LogP contribution in [0.3, 0.4) is 0 Å². The monoisotopic (exact) mass is 865 g/mol. The number of allylic oxidation sites excluding steroid dienone is 2. The van der Waals surface area contributed by atoms with Gasteiger partial charge in [-0.3, -0.25) is 9.78 Å². The number of furan rings is 1. The fourth-order valence-corrected chi connectivity index (χ4v) is 7.24. The summed E-state index contributed by atoms with van der Waals surface area (Å²) in [6.45, 7) is 18.9. The molecule has 0 saturated heterocycles. The van der Waals surface area contributed by atoms with Gasteiger partial charge in [0.05, 0.1) is 6.26 Å². The molecule has 3 heterocycles. The van der Waals surface area contributed by atoms with Crippen LogP contribution in [0.15, 0.2) is 95.4 Å². The molecular formula is C44H50IrNO3S-. The number of thiophene rings is 1. The number of nitrogens with zero attached hydrogens (tertiary/aromatic N) is 1. The van der Waals surface area contributed by atoms with E-state index in [1.54, 1.807) is 17.6 Å². The zero-order valence-corrected chi connectivity index (χ0v) is 34.1. The van der Waals surface area contributed by atoms with Gasteiger partial charge in [-0.1, -0.05) is 104 Å². The maximum absolute atomic E-state index is 12.2. The Morgan fingerprint density at radius 2 is 1.54 bits per heavy atom. The van der Waals surface area contributed by atoms with Gasteiger partial charge in [-0.25, -0.2) is 0 Å². The molecule has 1 radical (unpaired) electrons. The summed E-state index contributed by atoms with van der Waals surface area (Å²) in [5, 5.41) is 14.8. The number of para-hydroxylation sites is 1. The van der Waals surface area contributed by atoms with E-state index in [1.807, 2.05) is 53.8 Å². The average Bonchev–Trinajstić information content (AvgIpc) is 3.78. The molecule has 1 N–H and O–H groups in total. The number of hydrogen-bond acceptors (Lipinski definition) is 5. The second-order valence-electron chi connectivity index (χ2n) is 14.6. The van der Waals surface area contributed by atoms with E-state index in [9.17, 15) is 9.90 Å². The fraction of sp³-hybridized carbons (Fsp3) is 0.364. The Labute approximate surface area is 315 Å². The third-order valence-electron chi connectivity index (χ3n) is 10.6. The van der Waals surface area contributed by atoms with Crippen molar-refractivity contribution in [2.45, 2.75) is 93.4 Å². The van der Waals surface area contributed by atoms with Crippen molar-refractivity contribution in [1.82, 2.24) is 4.98 Å². The van der Waals surface area contributed by atoms with Crippen LogP contribution in [0.5, 0.6) is 0 Å². The molecule has 4 nitrogen and oxygen atoms in total. The molecule has 0 amide bonds. The van der Waals surface area contributed by atoms with Crippen molar-refractivity contribution in [3.05, 3.63) is 103 Å². The summed E-state index contributed by atoms with van der Waals surface area (Å²) in [5.74, 6) is 0.286. The molecule has 0 aliphatic heterocycles. The van der Waals surface area contributed by atoms with Gasteiger partial charge in [0.2, 0.25) is 0 Å². The molecule has 50 heavy (non-hydrogen) atoms. The summed E-state index contributed by atoms with van der Waals surface area (Å²) in [6.07, 6.45) is 8.42. The summed E-state index contributed by atoms with van der Waals surface area (Å²) in [5.41, 5.74) is 4.81. The van der Waals surface area contributed by atoms with E-state index in [1.165, 1.54) is 26.6 Å². The third kappa shape index (κ3) is 7.83. The predicted octanol–water partition coefficient (Wildman–Crippen LogP) is 13.3. The zero-order chi connectivity index (χ0) is 35.6. The Morgan fingerprint density at radius 1 is 0.860 bits per heavy atom. The topological polar surface area (TPSA) is 63.3 Å². The molecule has 265 valence electrons. The largest absolute Gasteiger partial charge is 0.512 e. The third-order valence-corrected chi connectivity index (χ3v) is 11.8. The maximum atomic E-state index is 12.2. The Morgan fingerprint density at radius 3 is 2.20 bits per heavy atom. The van der Waals surface area contributed by atoms with E-state index < -0.39 is 0 Å². The van der Waals surface area contributed by atoms with E-state index >= 15 is 0 Å². The molecule has 0 saturated carbocycles. The van der Waals surface area contributed by atoms with Crippen LogP contribution in [-0.4, -0.2) is 15.9 Å². The Kier molecular flexibility index (Phi) is 12.4. The molecule has 6 aromatic rings. The van der Waals surface area contributed by atoms with Crippen LogP contribution in [-0.2, 0) is 30.3 Å². The molecule has 3 aromatic carbocycles. The summed E-state index contributed by atoms with van der Waals surface area (Å²) >= 11 is 1.78. The fourth-order valence-electron chi connectivity index (χ4n) is 6.16. The van der Waals surface area contributed by atoms with Crippen molar-refractivity contribution in [3.63, 3.8) is 0 Å². The molecule has 0 aliphatic rings. The number of pyridine rings is 1. The van der Waals surface area contributed by atoms with E-state index in [2.05, 4.69) is 87.5 Å². The number of aromatic nitrogens is 1. The minimum atomic E-state index is -0.337. The second kappa shape index (κ2) is 15.8. The van der Waals surface area contributed by atoms with Crippen molar-refractivity contribution < 1.29 is 34.4 Å². The summed E-state index contributed by atoms with van der Waals surface area (Å²) < 4.78 is 7.02. The number of hydrogen-bond donors (Lipinski definition) is 1. The van der Waals surface area contributed by atoms with Crippen LogP contribution in [0.2, 0.25) is 0 Å². The van der Waals surface area contributed by atoms with E-state index in [4.69, 9.17) is 9.40 Å². The summed E-state index contributed by atoms with van der Waals surface area (Å²) in [6, 6.07) is 27.1. The molecule has 6 heteroatoms. The predicted molar refractivity (Wildman–Crippen MR) is 208 cm³/mol. The number of carbonyl (C=O) groups excluding carboxylic acids is 1. The summed E-state index contributed by atoms with van der Waals surface area (Å²) in [4.78, 5) is 18.2. The number of ketones is 1. The van der Waals surface area contributed by atoms with Gasteiger partial charge in [0.15, 0.2) is 5.78 Å². The number of fused-ring (bicyclic) bond motifs is 3. The van der Waals surface area contributed by atoms with Crippen LogP contribution in [0.1, 0.15) is 93.6 Å². The SMILES string of the molecule is CC(C)(C)c1cc(-c2nccc3sc(-c4cccc5ccoc45)cc23)[c-]c2ccccc12.CCC(C)(CC)C(=O)/C=C(\O)C(C)(CC)CC.[Ir]. The van der Waals surface area contributed by atoms with Crippen molar-refractivity contribution >= 4 is 48.9 Å². The standard InChI is InChI=1S/C29H22NOS.C15H28O2.Ir/c1-29(2,3)24-16-20(15-19-7-4-5-9-21(19)24)27-23-17-26(32-25(23)11-13-30-27)22-10-6-8-18-12-14-31-28(18)22;1-7-14(5,8-2)12(16)11-13(17)15(6,9-3)10-4;/h4-14,16-17H,1-3H3;11,16H,7-10H2,1-6H3;/q-1;;/b;12-11-;. The van der Waals surface area contributed by atoms with Gasteiger partial charge in [0.1, 0.15) is 11.3 Å². The first-order chi connectivity index (χ1) is 23.3. The minimum absolute atomic E-state index is 0. The Bertz CT molecular complexity index is 2120. The maximum Gasteiger partial charge on any atom is 0.164 e. The van der Waals surface area contributed by atoms with Crippen LogP contribution in [0, 0.1) is 16.9 Å². The molecule has 0 unspecified atom stereocenters. The van der Waals surface area contributed by atoms with Crippen LogP contribution in [0.25, 0.3) is 53.5 Å². The number of benzene rings is 3. The average molecular weight is 865 g/mol. The van der Waals surface area contributed by atoms with Crippen LogP contribution < -0.4 is 0 Å². The van der Waals surface area contributed by atoms with Gasteiger partial charge in [0.25, 0.3) is 0 Å². The number of carbonyl (C=O) groups is 1.